The lowest BCUT2D eigenvalue weighted by Gasteiger charge is -2.25. The van der Waals surface area contributed by atoms with Crippen LogP contribution in [-0.2, 0) is 6.54 Å². The van der Waals surface area contributed by atoms with Crippen molar-refractivity contribution in [1.29, 1.82) is 0 Å². The molecule has 1 aliphatic rings. The van der Waals surface area contributed by atoms with Gasteiger partial charge in [-0.3, -0.25) is 20.1 Å². The van der Waals surface area contributed by atoms with Crippen molar-refractivity contribution in [3.63, 3.8) is 0 Å². The minimum atomic E-state index is -0.349. The summed E-state index contributed by atoms with van der Waals surface area (Å²) < 4.78 is 0. The Morgan fingerprint density at radius 2 is 2.12 bits per heavy atom. The summed E-state index contributed by atoms with van der Waals surface area (Å²) in [6.07, 6.45) is 3.62. The van der Waals surface area contributed by atoms with Crippen LogP contribution in [0.5, 0.6) is 0 Å². The zero-order chi connectivity index (χ0) is 11.5. The van der Waals surface area contributed by atoms with Crippen LogP contribution in [0.1, 0.15) is 30.7 Å². The van der Waals surface area contributed by atoms with Crippen molar-refractivity contribution < 1.29 is 4.92 Å². The Hall–Kier alpha value is -1.43. The third-order valence-electron chi connectivity index (χ3n) is 2.99. The fourth-order valence-electron chi connectivity index (χ4n) is 2.16. The maximum atomic E-state index is 10.9. The molecule has 1 aromatic rings. The molecule has 88 valence electrons. The number of aromatic amines is 1. The highest BCUT2D eigenvalue weighted by molar-refractivity contribution is 5.39. The van der Waals surface area contributed by atoms with Gasteiger partial charge in [-0.2, -0.15) is 5.10 Å². The molecule has 1 fully saturated rings. The van der Waals surface area contributed by atoms with E-state index in [-0.39, 0.29) is 10.6 Å². The molecule has 0 aromatic carbocycles. The number of hydrogen-bond donors (Lipinski definition) is 1. The summed E-state index contributed by atoms with van der Waals surface area (Å²) in [5.74, 6) is 0. The average Bonchev–Trinajstić information content (AvgIpc) is 2.61. The molecule has 2 rings (SSSR count). The lowest BCUT2D eigenvalue weighted by molar-refractivity contribution is -0.386. The molecule has 1 N–H and O–H groups in total. The molecule has 16 heavy (non-hydrogen) atoms. The van der Waals surface area contributed by atoms with Crippen molar-refractivity contribution in [2.45, 2.75) is 32.7 Å². The van der Waals surface area contributed by atoms with Crippen molar-refractivity contribution in [3.8, 4) is 0 Å². The van der Waals surface area contributed by atoms with E-state index in [0.717, 1.165) is 13.1 Å². The number of nitrogens with one attached hydrogen (secondary N) is 1. The maximum Gasteiger partial charge on any atom is 0.314 e. The number of nitrogens with zero attached hydrogens (tertiary/aromatic N) is 3. The largest absolute Gasteiger partial charge is 0.314 e. The molecule has 0 aliphatic carbocycles. The third kappa shape index (κ3) is 2.21. The maximum absolute atomic E-state index is 10.9. The summed E-state index contributed by atoms with van der Waals surface area (Å²) in [5.41, 5.74) is 1.24. The van der Waals surface area contributed by atoms with E-state index in [2.05, 4.69) is 15.1 Å². The molecule has 0 unspecified atom stereocenters. The predicted molar refractivity (Wildman–Crippen MR) is 59.1 cm³/mol. The van der Waals surface area contributed by atoms with Gasteiger partial charge in [-0.1, -0.05) is 6.42 Å². The summed E-state index contributed by atoms with van der Waals surface area (Å²) in [6.45, 7) is 4.30. The Balaban J connectivity index is 2.11. The Morgan fingerprint density at radius 1 is 1.44 bits per heavy atom. The summed E-state index contributed by atoms with van der Waals surface area (Å²) in [7, 11) is 0. The van der Waals surface area contributed by atoms with Gasteiger partial charge in [0.2, 0.25) is 0 Å². The van der Waals surface area contributed by atoms with Gasteiger partial charge in [-0.05, 0) is 32.9 Å². The van der Waals surface area contributed by atoms with Crippen molar-refractivity contribution in [2.24, 2.45) is 0 Å². The highest BCUT2D eigenvalue weighted by Crippen LogP contribution is 2.22. The summed E-state index contributed by atoms with van der Waals surface area (Å²) in [6, 6.07) is 0. The van der Waals surface area contributed by atoms with Gasteiger partial charge in [-0.25, -0.2) is 0 Å². The van der Waals surface area contributed by atoms with E-state index in [4.69, 9.17) is 0 Å². The van der Waals surface area contributed by atoms with E-state index in [9.17, 15) is 10.1 Å². The molecule has 0 bridgehead atoms. The highest BCUT2D eigenvalue weighted by atomic mass is 16.6. The van der Waals surface area contributed by atoms with Crippen LogP contribution in [-0.4, -0.2) is 33.1 Å². The number of aromatic nitrogens is 2. The molecule has 0 saturated carbocycles. The number of aryl methyl sites for hydroxylation is 1. The fraction of sp³-hybridized carbons (Fsp3) is 0.700. The van der Waals surface area contributed by atoms with Crippen molar-refractivity contribution >= 4 is 5.69 Å². The second kappa shape index (κ2) is 4.61. The van der Waals surface area contributed by atoms with Crippen LogP contribution >= 0.6 is 0 Å². The van der Waals surface area contributed by atoms with Crippen LogP contribution in [0.2, 0.25) is 0 Å². The Bertz CT molecular complexity index is 382. The molecule has 1 saturated heterocycles. The van der Waals surface area contributed by atoms with E-state index in [1.807, 2.05) is 0 Å². The van der Waals surface area contributed by atoms with Crippen LogP contribution < -0.4 is 0 Å². The third-order valence-corrected chi connectivity index (χ3v) is 2.99. The van der Waals surface area contributed by atoms with E-state index >= 15 is 0 Å². The van der Waals surface area contributed by atoms with E-state index < -0.39 is 0 Å². The zero-order valence-electron chi connectivity index (χ0n) is 9.40. The molecular weight excluding hydrogens is 208 g/mol. The molecule has 0 atom stereocenters. The second-order valence-electron chi connectivity index (χ2n) is 4.24. The first-order chi connectivity index (χ1) is 7.68. The van der Waals surface area contributed by atoms with E-state index in [1.165, 1.54) is 19.3 Å². The molecule has 0 amide bonds. The van der Waals surface area contributed by atoms with Gasteiger partial charge in [0, 0.05) is 6.54 Å². The van der Waals surface area contributed by atoms with E-state index in [1.54, 1.807) is 6.92 Å². The molecule has 6 nitrogen and oxygen atoms in total. The van der Waals surface area contributed by atoms with Crippen LogP contribution in [0, 0.1) is 17.0 Å². The van der Waals surface area contributed by atoms with Crippen LogP contribution in [0.15, 0.2) is 0 Å². The zero-order valence-corrected chi connectivity index (χ0v) is 9.40. The normalized spacial score (nSPS) is 17.6. The molecule has 6 heteroatoms. The van der Waals surface area contributed by atoms with Gasteiger partial charge in [0.15, 0.2) is 5.69 Å². The Morgan fingerprint density at radius 3 is 2.75 bits per heavy atom. The first-order valence-electron chi connectivity index (χ1n) is 5.59. The number of H-pyrrole nitrogens is 1. The highest BCUT2D eigenvalue weighted by Gasteiger charge is 2.23. The lowest BCUT2D eigenvalue weighted by Crippen LogP contribution is -2.29. The first kappa shape index (κ1) is 11.1. The SMILES string of the molecule is Cc1[nH]nc(CN2CCCCC2)c1[N+](=O)[O-]. The van der Waals surface area contributed by atoms with Gasteiger partial charge in [-0.15, -0.1) is 0 Å². The van der Waals surface area contributed by atoms with Gasteiger partial charge in [0.1, 0.15) is 5.69 Å². The summed E-state index contributed by atoms with van der Waals surface area (Å²) >= 11 is 0. The Kier molecular flexibility index (Phi) is 3.19. The van der Waals surface area contributed by atoms with Gasteiger partial charge in [0.05, 0.1) is 4.92 Å². The number of nitro groups is 1. The smallest absolute Gasteiger partial charge is 0.297 e. The number of rotatable bonds is 3. The lowest BCUT2D eigenvalue weighted by atomic mass is 10.1. The monoisotopic (exact) mass is 224 g/mol. The van der Waals surface area contributed by atoms with Crippen molar-refractivity contribution in [1.82, 2.24) is 15.1 Å². The van der Waals surface area contributed by atoms with Gasteiger partial charge >= 0.3 is 5.69 Å². The molecular formula is C10H16N4O2. The van der Waals surface area contributed by atoms with Gasteiger partial charge in [0.25, 0.3) is 0 Å². The molecule has 2 heterocycles. The molecule has 1 aliphatic heterocycles. The second-order valence-corrected chi connectivity index (χ2v) is 4.24. The molecule has 0 radical (unpaired) electrons. The van der Waals surface area contributed by atoms with Crippen LogP contribution in [0.3, 0.4) is 0 Å². The first-order valence-corrected chi connectivity index (χ1v) is 5.59. The average molecular weight is 224 g/mol. The summed E-state index contributed by atoms with van der Waals surface area (Å²) in [4.78, 5) is 12.8. The predicted octanol–water partition coefficient (Wildman–Crippen LogP) is 1.61. The van der Waals surface area contributed by atoms with Crippen molar-refractivity contribution in [3.05, 3.63) is 21.5 Å². The van der Waals surface area contributed by atoms with Crippen LogP contribution in [0.25, 0.3) is 0 Å². The van der Waals surface area contributed by atoms with Gasteiger partial charge < -0.3 is 0 Å². The Labute approximate surface area is 93.8 Å². The van der Waals surface area contributed by atoms with Crippen molar-refractivity contribution in [2.75, 3.05) is 13.1 Å². The molecule has 1 aromatic heterocycles. The minimum Gasteiger partial charge on any atom is -0.297 e. The van der Waals surface area contributed by atoms with E-state index in [0.29, 0.717) is 17.9 Å². The summed E-state index contributed by atoms with van der Waals surface area (Å²) in [5, 5.41) is 17.6. The minimum absolute atomic E-state index is 0.144. The number of likely N-dealkylation sites (tertiary alicyclic amines) is 1. The van der Waals surface area contributed by atoms with Crippen LogP contribution in [0.4, 0.5) is 5.69 Å². The number of hydrogen-bond acceptors (Lipinski definition) is 4. The molecule has 0 spiro atoms. The number of piperidine rings is 1. The fourth-order valence-corrected chi connectivity index (χ4v) is 2.16. The quantitative estimate of drug-likeness (QED) is 0.625. The topological polar surface area (TPSA) is 75.1 Å². The standard InChI is InChI=1S/C10H16N4O2/c1-8-10(14(15)16)9(12-11-8)7-13-5-3-2-4-6-13/h2-7H2,1H3,(H,11,12).